The summed E-state index contributed by atoms with van der Waals surface area (Å²) in [7, 11) is 1.53. The molecule has 0 bridgehead atoms. The summed E-state index contributed by atoms with van der Waals surface area (Å²) >= 11 is 1.16. The predicted molar refractivity (Wildman–Crippen MR) is 144 cm³/mol. The molecule has 3 heterocycles. The highest BCUT2D eigenvalue weighted by molar-refractivity contribution is 7.07. The van der Waals surface area contributed by atoms with Crippen LogP contribution >= 0.6 is 11.3 Å². The number of nitro groups is 1. The Balaban J connectivity index is 1.64. The van der Waals surface area contributed by atoms with Crippen molar-refractivity contribution >= 4 is 29.1 Å². The molecule has 0 N–H and O–H groups in total. The number of para-hydroxylation sites is 1. The SMILES string of the molecule is CCOC(=O)C1=C(C)N=c2s/c(=C/c3ccc(-c4cccc([N+](=O)[O-])c4)o3)c(=O)n2[C@@H]1c1ccccc1OC. The minimum Gasteiger partial charge on any atom is -0.496 e. The monoisotopic (exact) mass is 545 g/mol. The molecule has 2 aromatic heterocycles. The number of esters is 1. The molecular formula is C28H23N3O7S. The van der Waals surface area contributed by atoms with Crippen LogP contribution in [0.4, 0.5) is 5.69 Å². The minimum atomic E-state index is -0.810. The highest BCUT2D eigenvalue weighted by atomic mass is 32.1. The number of thiazole rings is 1. The van der Waals surface area contributed by atoms with Gasteiger partial charge in [0, 0.05) is 29.3 Å². The van der Waals surface area contributed by atoms with Gasteiger partial charge in [0.25, 0.3) is 11.2 Å². The fourth-order valence-corrected chi connectivity index (χ4v) is 5.49. The van der Waals surface area contributed by atoms with Crippen LogP contribution in [0.2, 0.25) is 0 Å². The number of carbonyl (C=O) groups excluding carboxylic acids is 1. The van der Waals surface area contributed by atoms with Crippen molar-refractivity contribution in [1.82, 2.24) is 4.57 Å². The van der Waals surface area contributed by atoms with Crippen molar-refractivity contribution in [1.29, 1.82) is 0 Å². The molecule has 0 amide bonds. The number of furan rings is 1. The number of ether oxygens (including phenoxy) is 2. The topological polar surface area (TPSA) is 126 Å². The third kappa shape index (κ3) is 4.79. The van der Waals surface area contributed by atoms with Gasteiger partial charge in [-0.3, -0.25) is 19.5 Å². The molecule has 11 heteroatoms. The van der Waals surface area contributed by atoms with Gasteiger partial charge in [-0.2, -0.15) is 0 Å². The lowest BCUT2D eigenvalue weighted by Crippen LogP contribution is -2.40. The average molecular weight is 546 g/mol. The van der Waals surface area contributed by atoms with Crippen molar-refractivity contribution in [2.24, 2.45) is 4.99 Å². The summed E-state index contributed by atoms with van der Waals surface area (Å²) in [5.41, 5.74) is 1.45. The molecule has 2 aromatic carbocycles. The molecule has 198 valence electrons. The molecular weight excluding hydrogens is 522 g/mol. The van der Waals surface area contributed by atoms with Gasteiger partial charge >= 0.3 is 5.97 Å². The molecule has 1 aliphatic rings. The van der Waals surface area contributed by atoms with Gasteiger partial charge in [-0.15, -0.1) is 0 Å². The number of benzene rings is 2. The Kier molecular flexibility index (Phi) is 6.99. The van der Waals surface area contributed by atoms with Crippen LogP contribution in [0, 0.1) is 10.1 Å². The highest BCUT2D eigenvalue weighted by Crippen LogP contribution is 2.35. The lowest BCUT2D eigenvalue weighted by molar-refractivity contribution is -0.384. The van der Waals surface area contributed by atoms with E-state index >= 15 is 0 Å². The third-order valence-electron chi connectivity index (χ3n) is 6.19. The zero-order chi connectivity index (χ0) is 27.7. The number of hydrogen-bond donors (Lipinski definition) is 0. The van der Waals surface area contributed by atoms with E-state index in [0.29, 0.717) is 43.4 Å². The second kappa shape index (κ2) is 10.5. The quantitative estimate of drug-likeness (QED) is 0.195. The van der Waals surface area contributed by atoms with Crippen molar-refractivity contribution in [3.8, 4) is 17.1 Å². The third-order valence-corrected chi connectivity index (χ3v) is 7.18. The molecule has 0 aliphatic carbocycles. The Bertz CT molecular complexity index is 1810. The van der Waals surface area contributed by atoms with Crippen molar-refractivity contribution in [2.75, 3.05) is 13.7 Å². The number of hydrogen-bond acceptors (Lipinski definition) is 9. The Morgan fingerprint density at radius 2 is 2.00 bits per heavy atom. The van der Waals surface area contributed by atoms with Crippen LogP contribution in [-0.2, 0) is 9.53 Å². The molecule has 0 saturated carbocycles. The predicted octanol–water partition coefficient (Wildman–Crippen LogP) is 3.98. The maximum Gasteiger partial charge on any atom is 0.338 e. The van der Waals surface area contributed by atoms with Crippen molar-refractivity contribution in [2.45, 2.75) is 19.9 Å². The number of fused-ring (bicyclic) bond motifs is 1. The van der Waals surface area contributed by atoms with E-state index in [1.54, 1.807) is 56.3 Å². The van der Waals surface area contributed by atoms with Crippen LogP contribution < -0.4 is 19.6 Å². The smallest absolute Gasteiger partial charge is 0.338 e. The molecule has 0 unspecified atom stereocenters. The van der Waals surface area contributed by atoms with Gasteiger partial charge in [-0.1, -0.05) is 41.7 Å². The van der Waals surface area contributed by atoms with Gasteiger partial charge in [0.15, 0.2) is 4.80 Å². The van der Waals surface area contributed by atoms with Gasteiger partial charge in [-0.05, 0) is 32.0 Å². The summed E-state index contributed by atoms with van der Waals surface area (Å²) in [5, 5.41) is 11.1. The van der Waals surface area contributed by atoms with E-state index < -0.39 is 16.9 Å². The fourth-order valence-electron chi connectivity index (χ4n) is 4.47. The maximum absolute atomic E-state index is 13.8. The van der Waals surface area contributed by atoms with Crippen LogP contribution in [0.15, 0.2) is 86.1 Å². The van der Waals surface area contributed by atoms with Crippen LogP contribution in [0.3, 0.4) is 0 Å². The number of carbonyl (C=O) groups is 1. The summed E-state index contributed by atoms with van der Waals surface area (Å²) in [5.74, 6) is 0.764. The summed E-state index contributed by atoms with van der Waals surface area (Å²) in [6, 6.07) is 15.8. The maximum atomic E-state index is 13.8. The summed E-state index contributed by atoms with van der Waals surface area (Å²) in [4.78, 5) is 42.5. The number of aromatic nitrogens is 1. The molecule has 39 heavy (non-hydrogen) atoms. The molecule has 5 rings (SSSR count). The molecule has 0 radical (unpaired) electrons. The second-order valence-corrected chi connectivity index (χ2v) is 9.56. The highest BCUT2D eigenvalue weighted by Gasteiger charge is 2.35. The normalized spacial score (nSPS) is 15.1. The molecule has 1 atom stereocenters. The first-order chi connectivity index (χ1) is 18.8. The Labute approximate surface area is 225 Å². The van der Waals surface area contributed by atoms with E-state index in [9.17, 15) is 19.7 Å². The Morgan fingerprint density at radius 3 is 2.74 bits per heavy atom. The van der Waals surface area contributed by atoms with Crippen LogP contribution in [-0.4, -0.2) is 29.2 Å². The molecule has 0 fully saturated rings. The van der Waals surface area contributed by atoms with E-state index in [1.165, 1.54) is 23.8 Å². The summed E-state index contributed by atoms with van der Waals surface area (Å²) < 4.78 is 18.6. The first kappa shape index (κ1) is 25.9. The van der Waals surface area contributed by atoms with Crippen LogP contribution in [0.1, 0.15) is 31.2 Å². The van der Waals surface area contributed by atoms with Crippen molar-refractivity contribution in [3.05, 3.63) is 113 Å². The van der Waals surface area contributed by atoms with Gasteiger partial charge in [0.2, 0.25) is 0 Å². The van der Waals surface area contributed by atoms with Crippen LogP contribution in [0.25, 0.3) is 17.4 Å². The van der Waals surface area contributed by atoms with E-state index in [-0.39, 0.29) is 23.4 Å². The van der Waals surface area contributed by atoms with Crippen molar-refractivity contribution in [3.63, 3.8) is 0 Å². The number of nitrogens with zero attached hydrogens (tertiary/aromatic N) is 3. The van der Waals surface area contributed by atoms with Gasteiger partial charge < -0.3 is 13.9 Å². The average Bonchev–Trinajstić information content (AvgIpc) is 3.52. The van der Waals surface area contributed by atoms with Gasteiger partial charge in [0.1, 0.15) is 23.3 Å². The second-order valence-electron chi connectivity index (χ2n) is 8.55. The molecule has 4 aromatic rings. The molecule has 0 spiro atoms. The zero-order valence-electron chi connectivity index (χ0n) is 21.2. The number of methoxy groups -OCH3 is 1. The molecule has 0 saturated heterocycles. The Hall–Kier alpha value is -4.77. The standard InChI is InChI=1S/C28H23N3O7S/c1-4-37-27(33)24-16(2)29-28-30(25(24)20-10-5-6-11-22(20)36-3)26(32)23(39-28)15-19-12-13-21(38-19)17-8-7-9-18(14-17)31(34)35/h5-15,25H,4H2,1-3H3/b23-15+/t25-/m1/s1. The number of non-ortho nitro benzene ring substituents is 1. The first-order valence-corrected chi connectivity index (χ1v) is 12.8. The van der Waals surface area contributed by atoms with Crippen molar-refractivity contribution < 1.29 is 23.6 Å². The molecule has 1 aliphatic heterocycles. The largest absolute Gasteiger partial charge is 0.496 e. The summed E-state index contributed by atoms with van der Waals surface area (Å²) in [6.07, 6.45) is 1.59. The van der Waals surface area contributed by atoms with E-state index in [2.05, 4.69) is 4.99 Å². The minimum absolute atomic E-state index is 0.0529. The van der Waals surface area contributed by atoms with Gasteiger partial charge in [-0.25, -0.2) is 9.79 Å². The number of allylic oxidation sites excluding steroid dienone is 1. The Morgan fingerprint density at radius 1 is 1.21 bits per heavy atom. The fraction of sp³-hybridized carbons (Fsp3) is 0.179. The first-order valence-electron chi connectivity index (χ1n) is 12.0. The number of rotatable bonds is 7. The van der Waals surface area contributed by atoms with Crippen LogP contribution in [0.5, 0.6) is 5.75 Å². The molecule has 10 nitrogen and oxygen atoms in total. The lowest BCUT2D eigenvalue weighted by atomic mass is 9.95. The van der Waals surface area contributed by atoms with Gasteiger partial charge in [0.05, 0.1) is 34.4 Å². The number of nitro benzene ring substituents is 1. The zero-order valence-corrected chi connectivity index (χ0v) is 22.1. The van der Waals surface area contributed by atoms with E-state index in [1.807, 2.05) is 12.1 Å². The summed E-state index contributed by atoms with van der Waals surface area (Å²) in [6.45, 7) is 3.60. The van der Waals surface area contributed by atoms with E-state index in [4.69, 9.17) is 13.9 Å². The lowest BCUT2D eigenvalue weighted by Gasteiger charge is -2.25. The van der Waals surface area contributed by atoms with E-state index in [0.717, 1.165) is 11.3 Å².